The fraction of sp³-hybridized carbons (Fsp3) is 0.615. The molecule has 1 aliphatic heterocycles. The number of hydrogen-bond donors (Lipinski definition) is 1. The summed E-state index contributed by atoms with van der Waals surface area (Å²) in [5.41, 5.74) is -1.57. The molecule has 0 aliphatic carbocycles. The summed E-state index contributed by atoms with van der Waals surface area (Å²) in [5, 5.41) is 13.0. The van der Waals surface area contributed by atoms with Crippen LogP contribution in [0.25, 0.3) is 4.96 Å². The number of nitrogens with zero attached hydrogens (tertiary/aromatic N) is 4. The third-order valence-electron chi connectivity index (χ3n) is 3.91. The minimum Gasteiger partial charge on any atom is -0.389 e. The highest BCUT2D eigenvalue weighted by Gasteiger charge is 2.43. The Bertz CT molecular complexity index is 827. The minimum atomic E-state index is -4.78. The molecule has 3 rings (SSSR count). The van der Waals surface area contributed by atoms with E-state index in [1.54, 1.807) is 0 Å². The van der Waals surface area contributed by atoms with Crippen LogP contribution in [-0.4, -0.2) is 49.7 Å². The summed E-state index contributed by atoms with van der Waals surface area (Å²) in [5.74, 6) is -1.96. The van der Waals surface area contributed by atoms with Gasteiger partial charge in [0.15, 0.2) is 11.5 Å². The third-order valence-corrected chi connectivity index (χ3v) is 4.80. The van der Waals surface area contributed by atoms with Gasteiger partial charge in [-0.05, 0) is 0 Å². The summed E-state index contributed by atoms with van der Waals surface area (Å²) in [6, 6.07) is 0. The van der Waals surface area contributed by atoms with E-state index in [-0.39, 0.29) is 28.8 Å². The van der Waals surface area contributed by atoms with Gasteiger partial charge in [0.1, 0.15) is 5.01 Å². The predicted molar refractivity (Wildman–Crippen MR) is 76.2 cm³/mol. The van der Waals surface area contributed by atoms with E-state index in [2.05, 4.69) is 10.1 Å². The maximum Gasteiger partial charge on any atom is 0.435 e. The molecule has 0 bridgehead atoms. The predicted octanol–water partition coefficient (Wildman–Crippen LogP) is 2.26. The van der Waals surface area contributed by atoms with E-state index < -0.39 is 49.3 Å². The van der Waals surface area contributed by atoms with Gasteiger partial charge in [-0.3, -0.25) is 9.69 Å². The Morgan fingerprint density at radius 1 is 1.23 bits per heavy atom. The summed E-state index contributed by atoms with van der Waals surface area (Å²) in [7, 11) is 0. The molecule has 1 aliphatic rings. The van der Waals surface area contributed by atoms with E-state index in [4.69, 9.17) is 5.11 Å². The third kappa shape index (κ3) is 3.83. The van der Waals surface area contributed by atoms with Crippen LogP contribution in [0.5, 0.6) is 0 Å². The zero-order chi connectivity index (χ0) is 19.3. The topological polar surface area (TPSA) is 70.7 Å². The van der Waals surface area contributed by atoms with Crippen molar-refractivity contribution in [2.45, 2.75) is 31.9 Å². The Kier molecular flexibility index (Phi) is 4.73. The highest BCUT2D eigenvalue weighted by atomic mass is 32.1. The second-order valence-corrected chi connectivity index (χ2v) is 6.95. The SMILES string of the molecule is O=C1CN(Cc2c(C(F)(F)F)nc3sc(CO)nn23)CC1CC(F)(F)F. The summed E-state index contributed by atoms with van der Waals surface area (Å²) in [6.07, 6.45) is -10.6. The van der Waals surface area contributed by atoms with Gasteiger partial charge in [0.25, 0.3) is 0 Å². The quantitative estimate of drug-likeness (QED) is 0.795. The van der Waals surface area contributed by atoms with Crippen LogP contribution < -0.4 is 0 Å². The number of carbonyl (C=O) groups is 1. The van der Waals surface area contributed by atoms with Crippen molar-refractivity contribution in [1.29, 1.82) is 0 Å². The lowest BCUT2D eigenvalue weighted by Gasteiger charge is -2.16. The number of carbonyl (C=O) groups excluding carboxylic acids is 1. The second-order valence-electron chi connectivity index (χ2n) is 5.91. The van der Waals surface area contributed by atoms with Gasteiger partial charge in [0, 0.05) is 19.0 Å². The number of imidazole rings is 1. The molecule has 1 fully saturated rings. The van der Waals surface area contributed by atoms with Gasteiger partial charge in [-0.25, -0.2) is 9.50 Å². The number of halogens is 6. The standard InChI is InChI=1S/C13H12F6N4O2S/c14-12(15,16)1-6-2-22(4-8(6)25)3-7-10(13(17,18)19)20-11-23(7)21-9(5-24)26-11/h6,24H,1-5H2. The van der Waals surface area contributed by atoms with Gasteiger partial charge in [-0.2, -0.15) is 31.4 Å². The maximum absolute atomic E-state index is 13.2. The number of aromatic nitrogens is 3. The van der Waals surface area contributed by atoms with Crippen molar-refractivity contribution in [3.8, 4) is 0 Å². The number of aliphatic hydroxyl groups excluding tert-OH is 1. The molecule has 26 heavy (non-hydrogen) atoms. The molecule has 2 aromatic heterocycles. The molecule has 2 aromatic rings. The zero-order valence-corrected chi connectivity index (χ0v) is 13.7. The number of Topliss-reactive ketones (excluding diaryl/α,β-unsaturated/α-hetero) is 1. The first-order valence-corrected chi connectivity index (χ1v) is 8.17. The largest absolute Gasteiger partial charge is 0.435 e. The van der Waals surface area contributed by atoms with Gasteiger partial charge < -0.3 is 5.11 Å². The Morgan fingerprint density at radius 2 is 1.92 bits per heavy atom. The first-order chi connectivity index (χ1) is 12.0. The number of fused-ring (bicyclic) bond motifs is 1. The van der Waals surface area contributed by atoms with Gasteiger partial charge in [0.2, 0.25) is 4.96 Å². The van der Waals surface area contributed by atoms with Crippen LogP contribution in [0, 0.1) is 5.92 Å². The van der Waals surface area contributed by atoms with Gasteiger partial charge in [0.05, 0.1) is 25.3 Å². The van der Waals surface area contributed by atoms with Crippen LogP contribution in [0.1, 0.15) is 22.8 Å². The first kappa shape index (κ1) is 19.0. The zero-order valence-electron chi connectivity index (χ0n) is 12.9. The molecule has 1 unspecified atom stereocenters. The van der Waals surface area contributed by atoms with Crippen LogP contribution in [0.4, 0.5) is 26.3 Å². The van der Waals surface area contributed by atoms with E-state index in [1.165, 1.54) is 4.90 Å². The smallest absolute Gasteiger partial charge is 0.389 e. The number of rotatable bonds is 4. The van der Waals surface area contributed by atoms with Crippen molar-refractivity contribution in [2.75, 3.05) is 13.1 Å². The summed E-state index contributed by atoms with van der Waals surface area (Å²) in [4.78, 5) is 16.4. The number of likely N-dealkylation sites (tertiary alicyclic amines) is 1. The molecule has 1 N–H and O–H groups in total. The average Bonchev–Trinajstić information content (AvgIpc) is 3.12. The Morgan fingerprint density at radius 3 is 2.50 bits per heavy atom. The van der Waals surface area contributed by atoms with E-state index in [0.717, 1.165) is 15.9 Å². The Labute approximate surface area is 146 Å². The van der Waals surface area contributed by atoms with E-state index in [9.17, 15) is 31.1 Å². The monoisotopic (exact) mass is 402 g/mol. The van der Waals surface area contributed by atoms with Crippen LogP contribution >= 0.6 is 11.3 Å². The van der Waals surface area contributed by atoms with Crippen LogP contribution in [0.15, 0.2) is 0 Å². The van der Waals surface area contributed by atoms with Gasteiger partial charge >= 0.3 is 12.4 Å². The summed E-state index contributed by atoms with van der Waals surface area (Å²) < 4.78 is 78.0. The fourth-order valence-electron chi connectivity index (χ4n) is 2.88. The Balaban J connectivity index is 1.88. The maximum atomic E-state index is 13.2. The van der Waals surface area contributed by atoms with Gasteiger partial charge in [-0.15, -0.1) is 0 Å². The molecule has 1 saturated heterocycles. The molecule has 0 aromatic carbocycles. The van der Waals surface area contributed by atoms with Crippen molar-refractivity contribution < 1.29 is 36.2 Å². The lowest BCUT2D eigenvalue weighted by Crippen LogP contribution is -2.24. The molecule has 0 radical (unpaired) electrons. The highest BCUT2D eigenvalue weighted by Crippen LogP contribution is 2.35. The van der Waals surface area contributed by atoms with Crippen molar-refractivity contribution in [3.63, 3.8) is 0 Å². The average molecular weight is 402 g/mol. The molecule has 0 saturated carbocycles. The molecule has 0 amide bonds. The van der Waals surface area contributed by atoms with Gasteiger partial charge in [-0.1, -0.05) is 11.3 Å². The minimum absolute atomic E-state index is 0.0891. The van der Waals surface area contributed by atoms with Crippen molar-refractivity contribution in [3.05, 3.63) is 16.4 Å². The summed E-state index contributed by atoms with van der Waals surface area (Å²) >= 11 is 0.772. The molecule has 0 spiro atoms. The lowest BCUT2D eigenvalue weighted by molar-refractivity contribution is -0.150. The first-order valence-electron chi connectivity index (χ1n) is 7.35. The lowest BCUT2D eigenvalue weighted by atomic mass is 10.0. The molecular weight excluding hydrogens is 390 g/mol. The highest BCUT2D eigenvalue weighted by molar-refractivity contribution is 7.16. The molecule has 6 nitrogen and oxygen atoms in total. The number of alkyl halides is 6. The number of ketones is 1. The van der Waals surface area contributed by atoms with Crippen molar-refractivity contribution >= 4 is 22.1 Å². The van der Waals surface area contributed by atoms with E-state index in [1.807, 2.05) is 0 Å². The Hall–Kier alpha value is -1.73. The van der Waals surface area contributed by atoms with Crippen LogP contribution in [-0.2, 0) is 24.1 Å². The second kappa shape index (κ2) is 6.46. The van der Waals surface area contributed by atoms with Crippen LogP contribution in [0.3, 0.4) is 0 Å². The van der Waals surface area contributed by atoms with Crippen LogP contribution in [0.2, 0.25) is 0 Å². The number of aliphatic hydroxyl groups is 1. The summed E-state index contributed by atoms with van der Waals surface area (Å²) in [6.45, 7) is -1.57. The molecule has 1 atom stereocenters. The molecule has 3 heterocycles. The molecular formula is C13H12F6N4O2S. The number of hydrogen-bond acceptors (Lipinski definition) is 6. The van der Waals surface area contributed by atoms with Crippen molar-refractivity contribution in [2.24, 2.45) is 5.92 Å². The van der Waals surface area contributed by atoms with E-state index in [0.29, 0.717) is 0 Å². The normalized spacial score (nSPS) is 19.8. The molecule has 13 heteroatoms. The van der Waals surface area contributed by atoms with E-state index >= 15 is 0 Å². The fourth-order valence-corrected chi connectivity index (χ4v) is 3.65. The molecule has 144 valence electrons. The van der Waals surface area contributed by atoms with Crippen molar-refractivity contribution in [1.82, 2.24) is 19.5 Å².